The molecule has 4 aromatic rings. The summed E-state index contributed by atoms with van der Waals surface area (Å²) in [6, 6.07) is 10.7. The second-order valence-corrected chi connectivity index (χ2v) is 8.05. The fourth-order valence-corrected chi connectivity index (χ4v) is 4.32. The van der Waals surface area contributed by atoms with Gasteiger partial charge in [-0.3, -0.25) is 0 Å². The van der Waals surface area contributed by atoms with Crippen molar-refractivity contribution in [2.24, 2.45) is 5.92 Å². The van der Waals surface area contributed by atoms with Crippen LogP contribution in [0.25, 0.3) is 33.1 Å². The molecule has 0 unspecified atom stereocenters. The standard InChI is InChI=1S/C23H25N5/c1-15-3-5-18-20(13-24-23(18)27-15)17-4-6-21-19(12-17)22(26-14-25-21)11-16-7-9-28(2)10-8-16/h3-6,12-14,16H,7-11H2,1-2H3,(H,24,27). The lowest BCUT2D eigenvalue weighted by Crippen LogP contribution is -2.31. The fourth-order valence-electron chi connectivity index (χ4n) is 4.32. The number of piperidine rings is 1. The first-order chi connectivity index (χ1) is 13.7. The minimum atomic E-state index is 0.707. The van der Waals surface area contributed by atoms with E-state index in [1.165, 1.54) is 48.1 Å². The summed E-state index contributed by atoms with van der Waals surface area (Å²) in [7, 11) is 2.21. The van der Waals surface area contributed by atoms with E-state index in [2.05, 4.69) is 68.4 Å². The van der Waals surface area contributed by atoms with Crippen LogP contribution in [0.4, 0.5) is 0 Å². The van der Waals surface area contributed by atoms with Gasteiger partial charge in [-0.15, -0.1) is 0 Å². The van der Waals surface area contributed by atoms with E-state index in [1.807, 2.05) is 6.92 Å². The van der Waals surface area contributed by atoms with Gasteiger partial charge in [0.05, 0.1) is 11.2 Å². The van der Waals surface area contributed by atoms with Crippen LogP contribution in [0.5, 0.6) is 0 Å². The van der Waals surface area contributed by atoms with Crippen LogP contribution in [0.1, 0.15) is 24.2 Å². The van der Waals surface area contributed by atoms with E-state index in [-0.39, 0.29) is 0 Å². The van der Waals surface area contributed by atoms with E-state index in [0.717, 1.165) is 28.7 Å². The molecule has 3 aromatic heterocycles. The third kappa shape index (κ3) is 3.16. The molecular formula is C23H25N5. The Labute approximate surface area is 164 Å². The molecule has 1 aliphatic heterocycles. The van der Waals surface area contributed by atoms with Gasteiger partial charge >= 0.3 is 0 Å². The molecule has 1 aliphatic rings. The molecule has 1 fully saturated rings. The van der Waals surface area contributed by atoms with Gasteiger partial charge in [0.25, 0.3) is 0 Å². The van der Waals surface area contributed by atoms with Crippen LogP contribution in [-0.2, 0) is 6.42 Å². The summed E-state index contributed by atoms with van der Waals surface area (Å²) in [6.45, 7) is 4.38. The Morgan fingerprint density at radius 3 is 2.79 bits per heavy atom. The smallest absolute Gasteiger partial charge is 0.138 e. The number of nitrogens with zero attached hydrogens (tertiary/aromatic N) is 4. The zero-order chi connectivity index (χ0) is 19.1. The van der Waals surface area contributed by atoms with Gasteiger partial charge in [-0.1, -0.05) is 6.07 Å². The van der Waals surface area contributed by atoms with Crippen molar-refractivity contribution in [1.29, 1.82) is 0 Å². The molecule has 5 nitrogen and oxygen atoms in total. The average molecular weight is 371 g/mol. The maximum absolute atomic E-state index is 4.67. The highest BCUT2D eigenvalue weighted by Crippen LogP contribution is 2.31. The predicted octanol–water partition coefficient (Wildman–Crippen LogP) is 4.37. The molecule has 0 bridgehead atoms. The Bertz CT molecular complexity index is 1140. The third-order valence-corrected chi connectivity index (χ3v) is 6.03. The van der Waals surface area contributed by atoms with Gasteiger partial charge in [0.15, 0.2) is 0 Å². The minimum Gasteiger partial charge on any atom is -0.346 e. The van der Waals surface area contributed by atoms with Gasteiger partial charge in [0, 0.05) is 28.2 Å². The summed E-state index contributed by atoms with van der Waals surface area (Å²) in [5.41, 5.74) is 6.52. The molecule has 4 heterocycles. The van der Waals surface area contributed by atoms with Crippen LogP contribution in [0, 0.1) is 12.8 Å². The predicted molar refractivity (Wildman–Crippen MR) is 113 cm³/mol. The number of hydrogen-bond donors (Lipinski definition) is 1. The van der Waals surface area contributed by atoms with Gasteiger partial charge in [0.1, 0.15) is 12.0 Å². The number of pyridine rings is 1. The summed E-state index contributed by atoms with van der Waals surface area (Å²) >= 11 is 0. The van der Waals surface area contributed by atoms with E-state index in [4.69, 9.17) is 0 Å². The van der Waals surface area contributed by atoms with Gasteiger partial charge in [0.2, 0.25) is 0 Å². The quantitative estimate of drug-likeness (QED) is 0.581. The van der Waals surface area contributed by atoms with E-state index >= 15 is 0 Å². The van der Waals surface area contributed by atoms with Gasteiger partial charge in [-0.25, -0.2) is 15.0 Å². The van der Waals surface area contributed by atoms with E-state index in [9.17, 15) is 0 Å². The molecule has 5 heteroatoms. The number of aromatic nitrogens is 4. The topological polar surface area (TPSA) is 57.7 Å². The van der Waals surface area contributed by atoms with Crippen molar-refractivity contribution < 1.29 is 0 Å². The first-order valence-electron chi connectivity index (χ1n) is 10.0. The number of H-pyrrole nitrogens is 1. The molecule has 142 valence electrons. The molecule has 0 atom stereocenters. The summed E-state index contributed by atoms with van der Waals surface area (Å²) in [4.78, 5) is 19.5. The van der Waals surface area contributed by atoms with Gasteiger partial charge in [-0.05, 0) is 82.1 Å². The SMILES string of the molecule is Cc1ccc2c(-c3ccc4ncnc(CC5CCN(C)CC5)c4c3)c[nH]c2n1. The number of benzene rings is 1. The number of aryl methyl sites for hydroxylation is 1. The summed E-state index contributed by atoms with van der Waals surface area (Å²) in [6.07, 6.45) is 7.29. The number of nitrogens with one attached hydrogen (secondary N) is 1. The third-order valence-electron chi connectivity index (χ3n) is 6.03. The zero-order valence-corrected chi connectivity index (χ0v) is 16.4. The maximum atomic E-state index is 4.67. The molecule has 0 saturated carbocycles. The van der Waals surface area contributed by atoms with E-state index < -0.39 is 0 Å². The van der Waals surface area contributed by atoms with Crippen LogP contribution in [-0.4, -0.2) is 45.0 Å². The van der Waals surface area contributed by atoms with Crippen molar-refractivity contribution in [1.82, 2.24) is 24.8 Å². The number of fused-ring (bicyclic) bond motifs is 2. The number of likely N-dealkylation sites (tertiary alicyclic amines) is 1. The summed E-state index contributed by atoms with van der Waals surface area (Å²) in [5.74, 6) is 0.707. The lowest BCUT2D eigenvalue weighted by Gasteiger charge is -2.28. The Hall–Kier alpha value is -2.79. The largest absolute Gasteiger partial charge is 0.346 e. The van der Waals surface area contributed by atoms with Crippen molar-refractivity contribution in [3.05, 3.63) is 54.2 Å². The number of aromatic amines is 1. The normalized spacial score (nSPS) is 16.2. The second-order valence-electron chi connectivity index (χ2n) is 8.05. The van der Waals surface area contributed by atoms with Crippen LogP contribution in [0.15, 0.2) is 42.9 Å². The Kier molecular flexibility index (Phi) is 4.32. The summed E-state index contributed by atoms with van der Waals surface area (Å²) < 4.78 is 0. The Morgan fingerprint density at radius 2 is 1.93 bits per heavy atom. The van der Waals surface area contributed by atoms with Crippen molar-refractivity contribution >= 4 is 21.9 Å². The van der Waals surface area contributed by atoms with E-state index in [0.29, 0.717) is 5.92 Å². The lowest BCUT2D eigenvalue weighted by molar-refractivity contribution is 0.218. The highest BCUT2D eigenvalue weighted by atomic mass is 15.1. The van der Waals surface area contributed by atoms with Gasteiger partial charge < -0.3 is 9.88 Å². The first kappa shape index (κ1) is 17.3. The van der Waals surface area contributed by atoms with Gasteiger partial charge in [-0.2, -0.15) is 0 Å². The molecule has 0 spiro atoms. The highest BCUT2D eigenvalue weighted by molar-refractivity contribution is 5.96. The lowest BCUT2D eigenvalue weighted by atomic mass is 9.91. The van der Waals surface area contributed by atoms with Crippen molar-refractivity contribution in [3.8, 4) is 11.1 Å². The van der Waals surface area contributed by atoms with Crippen LogP contribution >= 0.6 is 0 Å². The van der Waals surface area contributed by atoms with Crippen LogP contribution in [0.2, 0.25) is 0 Å². The van der Waals surface area contributed by atoms with Crippen molar-refractivity contribution in [3.63, 3.8) is 0 Å². The molecule has 1 aromatic carbocycles. The average Bonchev–Trinajstić information content (AvgIpc) is 3.12. The second kappa shape index (κ2) is 6.99. The molecule has 1 saturated heterocycles. The zero-order valence-electron chi connectivity index (χ0n) is 16.4. The molecule has 0 amide bonds. The molecule has 0 aliphatic carbocycles. The number of rotatable bonds is 3. The molecule has 0 radical (unpaired) electrons. The Morgan fingerprint density at radius 1 is 1.07 bits per heavy atom. The molecule has 1 N–H and O–H groups in total. The maximum Gasteiger partial charge on any atom is 0.138 e. The fraction of sp³-hybridized carbons (Fsp3) is 0.348. The van der Waals surface area contributed by atoms with Crippen molar-refractivity contribution in [2.75, 3.05) is 20.1 Å². The monoisotopic (exact) mass is 371 g/mol. The number of hydrogen-bond acceptors (Lipinski definition) is 4. The van der Waals surface area contributed by atoms with Crippen LogP contribution in [0.3, 0.4) is 0 Å². The molecule has 5 rings (SSSR count). The Balaban J connectivity index is 1.54. The summed E-state index contributed by atoms with van der Waals surface area (Å²) in [5, 5.41) is 2.33. The highest BCUT2D eigenvalue weighted by Gasteiger charge is 2.19. The first-order valence-corrected chi connectivity index (χ1v) is 10.0. The minimum absolute atomic E-state index is 0.707. The molecular weight excluding hydrogens is 346 g/mol. The van der Waals surface area contributed by atoms with Crippen LogP contribution < -0.4 is 0 Å². The molecule has 28 heavy (non-hydrogen) atoms. The van der Waals surface area contributed by atoms with Crippen molar-refractivity contribution in [2.45, 2.75) is 26.2 Å². The van der Waals surface area contributed by atoms with E-state index in [1.54, 1.807) is 6.33 Å².